The summed E-state index contributed by atoms with van der Waals surface area (Å²) in [7, 11) is -3.72. The average Bonchev–Trinajstić information content (AvgIpc) is 3.41. The molecule has 1 atom stereocenters. The van der Waals surface area contributed by atoms with Crippen molar-refractivity contribution in [3.63, 3.8) is 0 Å². The van der Waals surface area contributed by atoms with Crippen LogP contribution in [-0.2, 0) is 22.9 Å². The van der Waals surface area contributed by atoms with E-state index in [0.717, 1.165) is 48.9 Å². The highest BCUT2D eigenvalue weighted by Gasteiger charge is 2.25. The van der Waals surface area contributed by atoms with Crippen LogP contribution in [0.3, 0.4) is 0 Å². The van der Waals surface area contributed by atoms with Crippen molar-refractivity contribution in [3.05, 3.63) is 53.9 Å². The molecule has 0 spiro atoms. The Morgan fingerprint density at radius 2 is 2.22 bits per heavy atom. The summed E-state index contributed by atoms with van der Waals surface area (Å²) < 4.78 is 33.7. The first kappa shape index (κ1) is 16.8. The van der Waals surface area contributed by atoms with Gasteiger partial charge in [0.1, 0.15) is 5.75 Å². The van der Waals surface area contributed by atoms with E-state index in [2.05, 4.69) is 10.3 Å². The molecule has 1 aromatic carbocycles. The molecular weight excluding hydrogens is 362 g/mol. The van der Waals surface area contributed by atoms with Crippen LogP contribution in [0.1, 0.15) is 24.0 Å². The first-order valence-corrected chi connectivity index (χ1v) is 10.8. The average molecular weight is 383 g/mol. The van der Waals surface area contributed by atoms with Crippen molar-refractivity contribution in [2.75, 3.05) is 13.2 Å². The third-order valence-electron chi connectivity index (χ3n) is 5.45. The molecule has 1 fully saturated rings. The number of hydrogen-bond acceptors (Lipinski definition) is 5. The minimum absolute atomic E-state index is 0.245. The number of pyridine rings is 1. The van der Waals surface area contributed by atoms with E-state index in [1.165, 1.54) is 3.97 Å². The molecular formula is C20H21N3O3S. The summed E-state index contributed by atoms with van der Waals surface area (Å²) in [6.45, 7) is 1.62. The minimum atomic E-state index is -3.72. The third kappa shape index (κ3) is 2.82. The molecule has 140 valence electrons. The normalized spacial score (nSPS) is 19.3. The van der Waals surface area contributed by atoms with Crippen LogP contribution in [0.4, 0.5) is 0 Å². The highest BCUT2D eigenvalue weighted by Crippen LogP contribution is 2.31. The predicted octanol–water partition coefficient (Wildman–Crippen LogP) is 2.50. The van der Waals surface area contributed by atoms with Crippen LogP contribution in [0.5, 0.6) is 5.75 Å². The Morgan fingerprint density at radius 1 is 1.30 bits per heavy atom. The van der Waals surface area contributed by atoms with Gasteiger partial charge in [-0.2, -0.15) is 0 Å². The molecule has 0 radical (unpaired) electrons. The van der Waals surface area contributed by atoms with Crippen LogP contribution in [0, 0.1) is 0 Å². The molecule has 2 aliphatic rings. The molecule has 7 heteroatoms. The second-order valence-corrected chi connectivity index (χ2v) is 9.01. The molecule has 2 aromatic heterocycles. The second kappa shape index (κ2) is 6.35. The molecule has 5 rings (SSSR count). The summed E-state index contributed by atoms with van der Waals surface area (Å²) >= 11 is 0. The predicted molar refractivity (Wildman–Crippen MR) is 103 cm³/mol. The van der Waals surface area contributed by atoms with Crippen LogP contribution in [-0.4, -0.2) is 36.6 Å². The van der Waals surface area contributed by atoms with Crippen molar-refractivity contribution in [2.45, 2.75) is 36.6 Å². The standard InChI is InChI=1S/C20H21N3O3S/c24-27(25,17-6-5-14-7-10-26-19(14)12-17)23-13-15(11-16-3-1-8-21-16)20-18(23)4-2-9-22-20/h2,4-6,9,12-13,16,21H,1,3,7-8,10-11H2. The van der Waals surface area contributed by atoms with E-state index < -0.39 is 10.0 Å². The fraction of sp³-hybridized carbons (Fsp3) is 0.350. The number of fused-ring (bicyclic) bond motifs is 2. The maximum atomic E-state index is 13.4. The lowest BCUT2D eigenvalue weighted by atomic mass is 10.1. The molecule has 0 aliphatic carbocycles. The fourth-order valence-corrected chi connectivity index (χ4v) is 5.46. The Labute approximate surface area is 158 Å². The molecule has 6 nitrogen and oxygen atoms in total. The Morgan fingerprint density at radius 3 is 3.07 bits per heavy atom. The van der Waals surface area contributed by atoms with Gasteiger partial charge in [0.2, 0.25) is 0 Å². The van der Waals surface area contributed by atoms with Gasteiger partial charge in [0.05, 0.1) is 22.5 Å². The monoisotopic (exact) mass is 383 g/mol. The van der Waals surface area contributed by atoms with Gasteiger partial charge >= 0.3 is 0 Å². The van der Waals surface area contributed by atoms with Gasteiger partial charge in [-0.15, -0.1) is 0 Å². The number of nitrogens with zero attached hydrogens (tertiary/aromatic N) is 2. The van der Waals surface area contributed by atoms with Gasteiger partial charge in [-0.1, -0.05) is 6.07 Å². The summed E-state index contributed by atoms with van der Waals surface area (Å²) in [5, 5.41) is 3.47. The Balaban J connectivity index is 1.61. The van der Waals surface area contributed by atoms with Gasteiger partial charge in [-0.25, -0.2) is 12.4 Å². The summed E-state index contributed by atoms with van der Waals surface area (Å²) in [4.78, 5) is 4.72. The Bertz CT molecular complexity index is 1110. The molecule has 2 aliphatic heterocycles. The minimum Gasteiger partial charge on any atom is -0.493 e. The molecule has 1 saturated heterocycles. The van der Waals surface area contributed by atoms with Gasteiger partial charge in [0, 0.05) is 30.9 Å². The Hall–Kier alpha value is -2.38. The van der Waals surface area contributed by atoms with Crippen molar-refractivity contribution in [1.29, 1.82) is 0 Å². The van der Waals surface area contributed by atoms with Gasteiger partial charge in [0.25, 0.3) is 10.0 Å². The quantitative estimate of drug-likeness (QED) is 0.749. The van der Waals surface area contributed by atoms with Crippen LogP contribution in [0.2, 0.25) is 0 Å². The topological polar surface area (TPSA) is 73.2 Å². The van der Waals surface area contributed by atoms with Crippen LogP contribution in [0.25, 0.3) is 11.0 Å². The molecule has 4 heterocycles. The SMILES string of the molecule is O=S(=O)(c1ccc2c(c1)OCC2)n1cc(CC2CCCN2)c2ncccc21. The summed E-state index contributed by atoms with van der Waals surface area (Å²) in [5.74, 6) is 0.668. The number of benzene rings is 1. The van der Waals surface area contributed by atoms with Gasteiger partial charge in [0.15, 0.2) is 0 Å². The summed E-state index contributed by atoms with van der Waals surface area (Å²) in [5.41, 5.74) is 3.39. The van der Waals surface area contributed by atoms with Gasteiger partial charge in [-0.3, -0.25) is 4.98 Å². The molecule has 1 unspecified atom stereocenters. The zero-order valence-electron chi connectivity index (χ0n) is 14.9. The van der Waals surface area contributed by atoms with Crippen LogP contribution in [0.15, 0.2) is 47.6 Å². The third-order valence-corrected chi connectivity index (χ3v) is 7.12. The van der Waals surface area contributed by atoms with Gasteiger partial charge < -0.3 is 10.1 Å². The van der Waals surface area contributed by atoms with E-state index in [4.69, 9.17) is 4.74 Å². The molecule has 3 aromatic rings. The van der Waals surface area contributed by atoms with Crippen LogP contribution >= 0.6 is 0 Å². The zero-order chi connectivity index (χ0) is 18.4. The van der Waals surface area contributed by atoms with E-state index in [9.17, 15) is 8.42 Å². The molecule has 0 amide bonds. The highest BCUT2D eigenvalue weighted by atomic mass is 32.2. The Kier molecular flexibility index (Phi) is 3.94. The fourth-order valence-electron chi connectivity index (χ4n) is 4.06. The maximum Gasteiger partial charge on any atom is 0.268 e. The number of nitrogens with one attached hydrogen (secondary N) is 1. The molecule has 1 N–H and O–H groups in total. The lowest BCUT2D eigenvalue weighted by molar-refractivity contribution is 0.356. The number of aromatic nitrogens is 2. The first-order chi connectivity index (χ1) is 13.1. The van der Waals surface area contributed by atoms with Crippen molar-refractivity contribution >= 4 is 21.1 Å². The summed E-state index contributed by atoms with van der Waals surface area (Å²) in [6, 6.07) is 9.12. The van der Waals surface area contributed by atoms with Crippen molar-refractivity contribution in [2.24, 2.45) is 0 Å². The molecule has 0 saturated carbocycles. The maximum absolute atomic E-state index is 13.4. The van der Waals surface area contributed by atoms with E-state index in [1.807, 2.05) is 12.1 Å². The molecule has 0 bridgehead atoms. The summed E-state index contributed by atoms with van der Waals surface area (Å²) in [6.07, 6.45) is 7.32. The number of ether oxygens (including phenoxy) is 1. The molecule has 27 heavy (non-hydrogen) atoms. The van der Waals surface area contributed by atoms with Crippen molar-refractivity contribution < 1.29 is 13.2 Å². The second-order valence-electron chi connectivity index (χ2n) is 7.19. The van der Waals surface area contributed by atoms with E-state index in [0.29, 0.717) is 23.9 Å². The lowest BCUT2D eigenvalue weighted by Crippen LogP contribution is -2.23. The van der Waals surface area contributed by atoms with E-state index >= 15 is 0 Å². The smallest absolute Gasteiger partial charge is 0.268 e. The van der Waals surface area contributed by atoms with Gasteiger partial charge in [-0.05, 0) is 55.1 Å². The number of rotatable bonds is 4. The highest BCUT2D eigenvalue weighted by molar-refractivity contribution is 7.90. The lowest BCUT2D eigenvalue weighted by Gasteiger charge is -2.09. The van der Waals surface area contributed by atoms with Crippen LogP contribution < -0.4 is 10.1 Å². The van der Waals surface area contributed by atoms with Crippen molar-refractivity contribution in [1.82, 2.24) is 14.3 Å². The first-order valence-electron chi connectivity index (χ1n) is 9.32. The van der Waals surface area contributed by atoms with Crippen molar-refractivity contribution in [3.8, 4) is 5.75 Å². The number of hydrogen-bond donors (Lipinski definition) is 1. The largest absolute Gasteiger partial charge is 0.493 e. The zero-order valence-corrected chi connectivity index (χ0v) is 15.7. The van der Waals surface area contributed by atoms with E-state index in [-0.39, 0.29) is 4.90 Å². The van der Waals surface area contributed by atoms with E-state index in [1.54, 1.807) is 30.6 Å².